The van der Waals surface area contributed by atoms with Crippen LogP contribution in [0.3, 0.4) is 0 Å². The number of halogens is 1. The van der Waals surface area contributed by atoms with Crippen molar-refractivity contribution < 1.29 is 24.9 Å². The maximum atomic E-state index is 12.3. The van der Waals surface area contributed by atoms with Crippen molar-refractivity contribution in [2.45, 2.75) is 0 Å². The first-order chi connectivity index (χ1) is 13.3. The van der Waals surface area contributed by atoms with E-state index in [2.05, 4.69) is 5.32 Å². The summed E-state index contributed by atoms with van der Waals surface area (Å²) in [6, 6.07) is 14.1. The quantitative estimate of drug-likeness (QED) is 0.464. The van der Waals surface area contributed by atoms with Crippen LogP contribution in [0.4, 0.5) is 0 Å². The lowest BCUT2D eigenvalue weighted by atomic mass is 10.2. The molecule has 0 spiro atoms. The highest BCUT2D eigenvalue weighted by Crippen LogP contribution is 2.34. The zero-order valence-corrected chi connectivity index (χ0v) is 15.8. The third-order valence-electron chi connectivity index (χ3n) is 3.70. The van der Waals surface area contributed by atoms with Gasteiger partial charge in [-0.3, -0.25) is 4.79 Å². The zero-order valence-electron chi connectivity index (χ0n) is 14.2. The van der Waals surface area contributed by atoms with Crippen LogP contribution in [0.15, 0.2) is 60.3 Å². The van der Waals surface area contributed by atoms with E-state index < -0.39 is 11.9 Å². The Hall–Kier alpha value is -3.29. The summed E-state index contributed by atoms with van der Waals surface area (Å²) in [6.07, 6.45) is 1.33. The third kappa shape index (κ3) is 4.51. The van der Waals surface area contributed by atoms with Crippen molar-refractivity contribution in [1.82, 2.24) is 5.32 Å². The van der Waals surface area contributed by atoms with Crippen molar-refractivity contribution in [1.29, 1.82) is 0 Å². The minimum absolute atomic E-state index is 0.0763. The van der Waals surface area contributed by atoms with E-state index in [-0.39, 0.29) is 22.8 Å². The summed E-state index contributed by atoms with van der Waals surface area (Å²) in [5.74, 6) is -2.73. The molecule has 0 aliphatic heterocycles. The Morgan fingerprint density at radius 3 is 2.32 bits per heavy atom. The average Bonchev–Trinajstić information content (AvgIpc) is 3.09. The molecule has 1 amide bonds. The van der Waals surface area contributed by atoms with Crippen LogP contribution < -0.4 is 5.32 Å². The Morgan fingerprint density at radius 2 is 1.68 bits per heavy atom. The number of amides is 1. The first kappa shape index (κ1) is 19.5. The van der Waals surface area contributed by atoms with Gasteiger partial charge in [-0.2, -0.15) is 0 Å². The summed E-state index contributed by atoms with van der Waals surface area (Å²) >= 11 is 7.50. The molecule has 0 saturated carbocycles. The predicted molar refractivity (Wildman–Crippen MR) is 108 cm³/mol. The molecule has 8 heteroatoms. The van der Waals surface area contributed by atoms with Crippen molar-refractivity contribution in [3.8, 4) is 21.9 Å². The zero-order chi connectivity index (χ0) is 20.3. The summed E-state index contributed by atoms with van der Waals surface area (Å²) in [7, 11) is 0. The molecule has 0 unspecified atom stereocenters. The van der Waals surface area contributed by atoms with Gasteiger partial charge in [-0.1, -0.05) is 29.8 Å². The molecule has 2 aromatic carbocycles. The van der Waals surface area contributed by atoms with Crippen LogP contribution in [0.1, 0.15) is 15.2 Å². The second kappa shape index (κ2) is 8.16. The molecule has 0 atom stereocenters. The molecule has 0 radical (unpaired) electrons. The molecule has 6 nitrogen and oxygen atoms in total. The van der Waals surface area contributed by atoms with Gasteiger partial charge in [0.2, 0.25) is 0 Å². The fraction of sp³-hybridized carbons (Fsp3) is 0. The van der Waals surface area contributed by atoms with Gasteiger partial charge in [0.15, 0.2) is 0 Å². The molecule has 1 heterocycles. The maximum Gasteiger partial charge on any atom is 0.352 e. The summed E-state index contributed by atoms with van der Waals surface area (Å²) in [5.41, 5.74) is 0.401. The number of carbonyl (C=O) groups excluding carboxylic acids is 1. The number of aromatic hydroxyl groups is 2. The first-order valence-electron chi connectivity index (χ1n) is 7.97. The van der Waals surface area contributed by atoms with Crippen molar-refractivity contribution in [2.75, 3.05) is 0 Å². The van der Waals surface area contributed by atoms with Crippen LogP contribution in [0.5, 0.6) is 11.5 Å². The molecule has 28 heavy (non-hydrogen) atoms. The largest absolute Gasteiger partial charge is 0.508 e. The van der Waals surface area contributed by atoms with E-state index in [9.17, 15) is 24.9 Å². The summed E-state index contributed by atoms with van der Waals surface area (Å²) in [4.78, 5) is 25.3. The average molecular weight is 416 g/mol. The summed E-state index contributed by atoms with van der Waals surface area (Å²) in [5, 5.41) is 31.2. The second-order valence-corrected chi connectivity index (χ2v) is 7.26. The van der Waals surface area contributed by atoms with E-state index in [1.807, 2.05) is 24.3 Å². The van der Waals surface area contributed by atoms with Crippen molar-refractivity contribution in [2.24, 2.45) is 0 Å². The number of carbonyl (C=O) groups is 2. The number of phenols is 2. The lowest BCUT2D eigenvalue weighted by molar-refractivity contribution is -0.132. The number of aliphatic carboxylic acids is 1. The van der Waals surface area contributed by atoms with Crippen molar-refractivity contribution in [3.05, 3.63) is 75.8 Å². The van der Waals surface area contributed by atoms with Crippen LogP contribution in [0.25, 0.3) is 16.5 Å². The van der Waals surface area contributed by atoms with Crippen molar-refractivity contribution in [3.63, 3.8) is 0 Å². The molecular formula is C20H14ClNO5S. The lowest BCUT2D eigenvalue weighted by Crippen LogP contribution is -2.27. The number of nitrogens with one attached hydrogen (secondary N) is 1. The Balaban J connectivity index is 1.86. The van der Waals surface area contributed by atoms with Gasteiger partial charge in [-0.15, -0.1) is 11.3 Å². The fourth-order valence-electron chi connectivity index (χ4n) is 2.45. The van der Waals surface area contributed by atoms with Gasteiger partial charge in [0, 0.05) is 32.0 Å². The molecule has 0 aliphatic carbocycles. The van der Waals surface area contributed by atoms with Gasteiger partial charge in [-0.05, 0) is 36.4 Å². The lowest BCUT2D eigenvalue weighted by Gasteiger charge is -2.07. The minimum atomic E-state index is -1.33. The van der Waals surface area contributed by atoms with Crippen molar-refractivity contribution >= 4 is 40.9 Å². The van der Waals surface area contributed by atoms with E-state index in [0.29, 0.717) is 9.90 Å². The number of thiophene rings is 1. The number of carboxylic acid groups (broad SMARTS) is 1. The minimum Gasteiger partial charge on any atom is -0.508 e. The van der Waals surface area contributed by atoms with Crippen LogP contribution in [-0.4, -0.2) is 27.2 Å². The molecule has 4 N–H and O–H groups in total. The summed E-state index contributed by atoms with van der Waals surface area (Å²) in [6.45, 7) is 0. The number of rotatable bonds is 5. The Morgan fingerprint density at radius 1 is 1.00 bits per heavy atom. The standard InChI is InChI=1S/C20H14ClNO5S/c21-16-4-2-1-3-15(16)18-6-5-14(28-18)10-17(20(26)27)22-19(25)11-7-12(23)9-13(24)8-11/h1-10,23-24H,(H,22,25)(H,26,27). The van der Waals surface area contributed by atoms with E-state index in [1.54, 1.807) is 12.1 Å². The predicted octanol–water partition coefficient (Wildman–Crippen LogP) is 4.34. The highest BCUT2D eigenvalue weighted by atomic mass is 35.5. The highest BCUT2D eigenvalue weighted by molar-refractivity contribution is 7.16. The molecule has 0 bridgehead atoms. The second-order valence-electron chi connectivity index (χ2n) is 5.74. The van der Waals surface area contributed by atoms with Gasteiger partial charge >= 0.3 is 5.97 Å². The Labute approximate surface area is 169 Å². The van der Waals surface area contributed by atoms with E-state index in [0.717, 1.165) is 28.6 Å². The monoisotopic (exact) mass is 415 g/mol. The Kier molecular flexibility index (Phi) is 5.67. The van der Waals surface area contributed by atoms with Gasteiger partial charge in [0.25, 0.3) is 5.91 Å². The summed E-state index contributed by atoms with van der Waals surface area (Å²) < 4.78 is 0. The normalized spacial score (nSPS) is 11.2. The van der Waals surface area contributed by atoms with Crippen LogP contribution in [0, 0.1) is 0 Å². The SMILES string of the molecule is O=C(O)C(=Cc1ccc(-c2ccccc2Cl)s1)NC(=O)c1cc(O)cc(O)c1. The van der Waals surface area contributed by atoms with Crippen LogP contribution in [-0.2, 0) is 4.79 Å². The van der Waals surface area contributed by atoms with Gasteiger partial charge in [-0.25, -0.2) is 4.79 Å². The number of benzene rings is 2. The topological polar surface area (TPSA) is 107 Å². The van der Waals surface area contributed by atoms with E-state index in [4.69, 9.17) is 11.6 Å². The number of carboxylic acids is 1. The molecule has 1 aromatic heterocycles. The Bertz CT molecular complexity index is 1070. The molecule has 0 aliphatic rings. The number of phenolic OH excluding ortho intramolecular Hbond substituents is 2. The molecule has 3 aromatic rings. The smallest absolute Gasteiger partial charge is 0.352 e. The van der Waals surface area contributed by atoms with Crippen LogP contribution in [0.2, 0.25) is 5.02 Å². The number of hydrogen-bond donors (Lipinski definition) is 4. The molecular weight excluding hydrogens is 402 g/mol. The fourth-order valence-corrected chi connectivity index (χ4v) is 3.73. The first-order valence-corrected chi connectivity index (χ1v) is 9.17. The maximum absolute atomic E-state index is 12.3. The van der Waals surface area contributed by atoms with Gasteiger partial charge in [0.05, 0.1) is 0 Å². The van der Waals surface area contributed by atoms with E-state index >= 15 is 0 Å². The van der Waals surface area contributed by atoms with Crippen LogP contribution >= 0.6 is 22.9 Å². The van der Waals surface area contributed by atoms with Gasteiger partial charge < -0.3 is 20.6 Å². The molecule has 3 rings (SSSR count). The molecule has 0 fully saturated rings. The molecule has 142 valence electrons. The number of hydrogen-bond acceptors (Lipinski definition) is 5. The highest BCUT2D eigenvalue weighted by Gasteiger charge is 2.16. The van der Waals surface area contributed by atoms with Gasteiger partial charge in [0.1, 0.15) is 17.2 Å². The molecule has 0 saturated heterocycles. The third-order valence-corrected chi connectivity index (χ3v) is 5.09. The van der Waals surface area contributed by atoms with E-state index in [1.165, 1.54) is 17.4 Å².